The molecule has 1 aliphatic heterocycles. The number of likely N-dealkylation sites (tertiary alicyclic amines) is 1. The van der Waals surface area contributed by atoms with Gasteiger partial charge in [-0.1, -0.05) is 30.3 Å². The zero-order valence-electron chi connectivity index (χ0n) is 22.0. The number of methoxy groups -OCH3 is 1. The minimum absolute atomic E-state index is 0.0786. The van der Waals surface area contributed by atoms with Crippen molar-refractivity contribution in [1.82, 2.24) is 29.5 Å². The zero-order chi connectivity index (χ0) is 26.8. The normalized spacial score (nSPS) is 17.4. The van der Waals surface area contributed by atoms with Gasteiger partial charge in [0.15, 0.2) is 0 Å². The lowest BCUT2D eigenvalue weighted by Crippen LogP contribution is -2.51. The summed E-state index contributed by atoms with van der Waals surface area (Å²) in [7, 11) is 5.19. The average Bonchev–Trinajstić information content (AvgIpc) is 3.50. The molecule has 1 saturated heterocycles. The van der Waals surface area contributed by atoms with Crippen molar-refractivity contribution in [3.05, 3.63) is 71.7 Å². The van der Waals surface area contributed by atoms with Crippen LogP contribution in [0, 0.1) is 0 Å². The van der Waals surface area contributed by atoms with Crippen LogP contribution >= 0.6 is 0 Å². The fourth-order valence-corrected chi connectivity index (χ4v) is 5.12. The number of amides is 2. The molecule has 0 saturated carbocycles. The van der Waals surface area contributed by atoms with Crippen molar-refractivity contribution in [3.8, 4) is 11.6 Å². The van der Waals surface area contributed by atoms with Crippen LogP contribution in [-0.4, -0.2) is 68.9 Å². The number of nitrogens with one attached hydrogen (secondary N) is 1. The molecular formula is C28H32N6O4. The molecule has 0 radical (unpaired) electrons. The lowest BCUT2D eigenvalue weighted by atomic mass is 9.85. The predicted octanol–water partition coefficient (Wildman–Crippen LogP) is 3.14. The number of imidazole rings is 1. The van der Waals surface area contributed by atoms with Gasteiger partial charge in [0.2, 0.25) is 5.88 Å². The second kappa shape index (κ2) is 10.6. The second-order valence-corrected chi connectivity index (χ2v) is 9.46. The van der Waals surface area contributed by atoms with E-state index in [1.54, 1.807) is 32.6 Å². The molecule has 2 aromatic carbocycles. The molecule has 198 valence electrons. The Morgan fingerprint density at radius 1 is 1.13 bits per heavy atom. The van der Waals surface area contributed by atoms with Crippen molar-refractivity contribution in [2.75, 3.05) is 26.8 Å². The summed E-state index contributed by atoms with van der Waals surface area (Å²) in [5.74, 6) is 0.602. The van der Waals surface area contributed by atoms with Crippen molar-refractivity contribution in [3.63, 3.8) is 0 Å². The first-order valence-electron chi connectivity index (χ1n) is 12.7. The number of benzene rings is 2. The maximum atomic E-state index is 13.7. The van der Waals surface area contributed by atoms with E-state index in [1.807, 2.05) is 59.8 Å². The molecule has 0 bridgehead atoms. The Balaban J connectivity index is 1.40. The smallest absolute Gasteiger partial charge is 0.269 e. The highest BCUT2D eigenvalue weighted by molar-refractivity contribution is 5.99. The maximum absolute atomic E-state index is 13.7. The number of aryl methyl sites for hydroxylation is 2. The molecule has 10 nitrogen and oxygen atoms in total. The number of fused-ring (bicyclic) bond motifs is 1. The molecule has 1 aliphatic rings. The van der Waals surface area contributed by atoms with Gasteiger partial charge < -0.3 is 24.3 Å². The van der Waals surface area contributed by atoms with Gasteiger partial charge in [-0.25, -0.2) is 4.98 Å². The number of piperidine rings is 1. The first-order chi connectivity index (χ1) is 18.4. The van der Waals surface area contributed by atoms with Crippen molar-refractivity contribution in [2.24, 2.45) is 14.1 Å². The minimum atomic E-state index is -0.219. The Kier molecular flexibility index (Phi) is 7.04. The van der Waals surface area contributed by atoms with E-state index in [4.69, 9.17) is 9.47 Å². The van der Waals surface area contributed by atoms with Crippen LogP contribution in [0.2, 0.25) is 0 Å². The van der Waals surface area contributed by atoms with Gasteiger partial charge in [-0.05, 0) is 31.0 Å². The summed E-state index contributed by atoms with van der Waals surface area (Å²) in [5.41, 5.74) is 3.59. The summed E-state index contributed by atoms with van der Waals surface area (Å²) in [4.78, 5) is 33.2. The van der Waals surface area contributed by atoms with E-state index in [0.29, 0.717) is 49.0 Å². The average molecular weight is 517 g/mol. The third-order valence-electron chi connectivity index (χ3n) is 7.09. The number of rotatable bonds is 7. The van der Waals surface area contributed by atoms with Gasteiger partial charge in [-0.15, -0.1) is 5.10 Å². The Labute approximate surface area is 221 Å². The number of aromatic nitrogens is 4. The van der Waals surface area contributed by atoms with E-state index < -0.39 is 0 Å². The summed E-state index contributed by atoms with van der Waals surface area (Å²) < 4.78 is 14.4. The van der Waals surface area contributed by atoms with E-state index in [1.165, 1.54) is 4.68 Å². The summed E-state index contributed by atoms with van der Waals surface area (Å²) in [6, 6.07) is 15.1. The van der Waals surface area contributed by atoms with Gasteiger partial charge in [-0.3, -0.25) is 14.3 Å². The number of carbonyl (C=O) groups is 2. The maximum Gasteiger partial charge on any atom is 0.269 e. The highest BCUT2D eigenvalue weighted by atomic mass is 16.5. The second-order valence-electron chi connectivity index (χ2n) is 9.46. The molecular weight excluding hydrogens is 484 g/mol. The van der Waals surface area contributed by atoms with Crippen LogP contribution in [0.4, 0.5) is 0 Å². The Bertz CT molecular complexity index is 1460. The van der Waals surface area contributed by atoms with Crippen molar-refractivity contribution in [1.29, 1.82) is 0 Å². The SMILES string of the molecule is CCOc1cc(C(=O)N[C@@H]2CCN(C(=O)c3cc(OC)c4ncn(C)c4c3)C[C@@H]2c2ccccc2)n(C)n1. The fraction of sp³-hybridized carbons (Fsp3) is 0.357. The standard InChI is InChI=1S/C28H32N6O4/c1-5-38-25-15-23(33(3)31-25)27(35)30-21-11-12-34(16-20(21)18-9-7-6-8-10-18)28(36)19-13-22-26(24(14-19)37-4)29-17-32(22)2/h6-10,13-15,17,20-21H,5,11-12,16H2,1-4H3,(H,30,35)/t20-,21-/m1/s1. The van der Waals surface area contributed by atoms with Crippen LogP contribution in [0.15, 0.2) is 54.9 Å². The van der Waals surface area contributed by atoms with Gasteiger partial charge in [0.25, 0.3) is 11.8 Å². The lowest BCUT2D eigenvalue weighted by molar-refractivity contribution is 0.0670. The van der Waals surface area contributed by atoms with E-state index in [0.717, 1.165) is 16.6 Å². The number of carbonyl (C=O) groups excluding carboxylic acids is 2. The van der Waals surface area contributed by atoms with Gasteiger partial charge in [0.05, 0.1) is 25.6 Å². The van der Waals surface area contributed by atoms with Gasteiger partial charge >= 0.3 is 0 Å². The molecule has 4 aromatic rings. The van der Waals surface area contributed by atoms with Crippen LogP contribution in [0.3, 0.4) is 0 Å². The first kappa shape index (κ1) is 25.3. The number of hydrogen-bond donors (Lipinski definition) is 1. The van der Waals surface area contributed by atoms with E-state index in [-0.39, 0.29) is 23.8 Å². The van der Waals surface area contributed by atoms with Gasteiger partial charge in [-0.2, -0.15) is 0 Å². The Morgan fingerprint density at radius 3 is 2.66 bits per heavy atom. The zero-order valence-corrected chi connectivity index (χ0v) is 22.0. The monoisotopic (exact) mass is 516 g/mol. The molecule has 3 heterocycles. The lowest BCUT2D eigenvalue weighted by Gasteiger charge is -2.39. The van der Waals surface area contributed by atoms with E-state index in [2.05, 4.69) is 15.4 Å². The molecule has 38 heavy (non-hydrogen) atoms. The van der Waals surface area contributed by atoms with Crippen molar-refractivity contribution >= 4 is 22.8 Å². The van der Waals surface area contributed by atoms with E-state index >= 15 is 0 Å². The largest absolute Gasteiger partial charge is 0.494 e. The highest BCUT2D eigenvalue weighted by Crippen LogP contribution is 2.31. The Morgan fingerprint density at radius 2 is 1.92 bits per heavy atom. The fourth-order valence-electron chi connectivity index (χ4n) is 5.12. The molecule has 2 atom stereocenters. The number of nitrogens with zero attached hydrogens (tertiary/aromatic N) is 5. The first-order valence-corrected chi connectivity index (χ1v) is 12.7. The van der Waals surface area contributed by atoms with Crippen LogP contribution in [0.25, 0.3) is 11.0 Å². The van der Waals surface area contributed by atoms with E-state index in [9.17, 15) is 9.59 Å². The molecule has 0 aliphatic carbocycles. The molecule has 0 spiro atoms. The minimum Gasteiger partial charge on any atom is -0.494 e. The van der Waals surface area contributed by atoms with Crippen LogP contribution in [0.5, 0.6) is 11.6 Å². The molecule has 1 N–H and O–H groups in total. The van der Waals surface area contributed by atoms with Gasteiger partial charge in [0, 0.05) is 50.8 Å². The molecule has 2 amide bonds. The number of hydrogen-bond acceptors (Lipinski definition) is 6. The quantitative estimate of drug-likeness (QED) is 0.405. The van der Waals surface area contributed by atoms with Gasteiger partial charge in [0.1, 0.15) is 17.0 Å². The van der Waals surface area contributed by atoms with Crippen molar-refractivity contribution in [2.45, 2.75) is 25.3 Å². The predicted molar refractivity (Wildman–Crippen MR) is 143 cm³/mol. The van der Waals surface area contributed by atoms with Crippen LogP contribution < -0.4 is 14.8 Å². The third-order valence-corrected chi connectivity index (χ3v) is 7.09. The van der Waals surface area contributed by atoms with Crippen LogP contribution in [-0.2, 0) is 14.1 Å². The molecule has 1 fully saturated rings. The molecule has 10 heteroatoms. The molecule has 0 unspecified atom stereocenters. The number of ether oxygens (including phenoxy) is 2. The Hall–Kier alpha value is -4.34. The topological polar surface area (TPSA) is 104 Å². The van der Waals surface area contributed by atoms with Crippen molar-refractivity contribution < 1.29 is 19.1 Å². The summed E-state index contributed by atoms with van der Waals surface area (Å²) in [6.45, 7) is 3.32. The third kappa shape index (κ3) is 4.81. The summed E-state index contributed by atoms with van der Waals surface area (Å²) in [5, 5.41) is 7.46. The summed E-state index contributed by atoms with van der Waals surface area (Å²) >= 11 is 0. The molecule has 2 aromatic heterocycles. The van der Waals surface area contributed by atoms with Crippen LogP contribution in [0.1, 0.15) is 45.7 Å². The molecule has 5 rings (SSSR count). The highest BCUT2D eigenvalue weighted by Gasteiger charge is 2.35. The summed E-state index contributed by atoms with van der Waals surface area (Å²) in [6.07, 6.45) is 2.32.